The third kappa shape index (κ3) is 4.60. The van der Waals surface area contributed by atoms with Crippen molar-refractivity contribution in [1.82, 2.24) is 0 Å². The van der Waals surface area contributed by atoms with Crippen LogP contribution in [0, 0.1) is 0 Å². The summed E-state index contributed by atoms with van der Waals surface area (Å²) in [5.74, 6) is -1.03. The molecule has 1 atom stereocenters. The first kappa shape index (κ1) is 25.4. The number of phenolic OH excluding ortho intramolecular Hbond substituents is 1. The molecule has 3 aromatic rings. The molecule has 2 aliphatic rings. The molecule has 7 heteroatoms. The molecule has 0 bridgehead atoms. The van der Waals surface area contributed by atoms with Crippen LogP contribution in [0.4, 0.5) is 5.69 Å². The average Bonchev–Trinajstić information content (AvgIpc) is 3.19. The van der Waals surface area contributed by atoms with Crippen molar-refractivity contribution in [2.24, 2.45) is 0 Å². The summed E-state index contributed by atoms with van der Waals surface area (Å²) in [6.07, 6.45) is 4.11. The fourth-order valence-electron chi connectivity index (χ4n) is 5.31. The first-order valence-corrected chi connectivity index (χ1v) is 13.0. The van der Waals surface area contributed by atoms with Crippen molar-refractivity contribution < 1.29 is 29.3 Å². The zero-order chi connectivity index (χ0) is 26.8. The van der Waals surface area contributed by atoms with E-state index >= 15 is 0 Å². The molecule has 38 heavy (non-hydrogen) atoms. The fraction of sp³-hybridized carbons (Fsp3) is 0.290. The van der Waals surface area contributed by atoms with Crippen molar-refractivity contribution in [3.8, 4) is 17.2 Å². The van der Waals surface area contributed by atoms with Gasteiger partial charge >= 0.3 is 0 Å². The van der Waals surface area contributed by atoms with E-state index in [4.69, 9.17) is 9.47 Å². The molecule has 1 heterocycles. The number of fused-ring (bicyclic) bond motifs is 1. The van der Waals surface area contributed by atoms with Gasteiger partial charge < -0.3 is 19.7 Å². The number of aromatic hydroxyl groups is 1. The largest absolute Gasteiger partial charge is 0.507 e. The van der Waals surface area contributed by atoms with Gasteiger partial charge in [-0.2, -0.15) is 0 Å². The van der Waals surface area contributed by atoms with Gasteiger partial charge in [0.25, 0.3) is 11.7 Å². The maximum Gasteiger partial charge on any atom is 0.300 e. The van der Waals surface area contributed by atoms with Crippen LogP contribution in [-0.2, 0) is 22.4 Å². The van der Waals surface area contributed by atoms with E-state index < -0.39 is 17.7 Å². The van der Waals surface area contributed by atoms with Gasteiger partial charge in [-0.25, -0.2) is 0 Å². The molecule has 1 saturated heterocycles. The van der Waals surface area contributed by atoms with Crippen LogP contribution >= 0.6 is 0 Å². The van der Waals surface area contributed by atoms with Gasteiger partial charge in [0.05, 0.1) is 24.8 Å². The van der Waals surface area contributed by atoms with Gasteiger partial charge in [0.15, 0.2) is 11.5 Å². The zero-order valence-electron chi connectivity index (χ0n) is 21.6. The van der Waals surface area contributed by atoms with Gasteiger partial charge in [0.2, 0.25) is 0 Å². The number of rotatable bonds is 7. The summed E-state index contributed by atoms with van der Waals surface area (Å²) in [6, 6.07) is 16.4. The van der Waals surface area contributed by atoms with E-state index in [0.717, 1.165) is 31.2 Å². The minimum Gasteiger partial charge on any atom is -0.507 e. The van der Waals surface area contributed by atoms with Crippen LogP contribution in [0.25, 0.3) is 5.76 Å². The highest BCUT2D eigenvalue weighted by molar-refractivity contribution is 6.51. The predicted molar refractivity (Wildman–Crippen MR) is 145 cm³/mol. The van der Waals surface area contributed by atoms with Crippen molar-refractivity contribution in [1.29, 1.82) is 0 Å². The molecular weight excluding hydrogens is 482 g/mol. The SMILES string of the molecule is CCOc1cccc(N2C(=O)C(=O)/C(=C(/O)c3ccc4c(c3)CCCC4)C2c2ccc(O)c(OCC)c2)c1. The maximum absolute atomic E-state index is 13.5. The van der Waals surface area contributed by atoms with E-state index in [2.05, 4.69) is 0 Å². The van der Waals surface area contributed by atoms with Gasteiger partial charge in [0.1, 0.15) is 11.5 Å². The molecule has 5 rings (SSSR count). The number of nitrogens with zero attached hydrogens (tertiary/aromatic N) is 1. The van der Waals surface area contributed by atoms with Crippen molar-refractivity contribution in [3.05, 3.63) is 88.5 Å². The van der Waals surface area contributed by atoms with Gasteiger partial charge in [-0.15, -0.1) is 0 Å². The number of anilines is 1. The second kappa shape index (κ2) is 10.6. The number of hydrogen-bond donors (Lipinski definition) is 2. The topological polar surface area (TPSA) is 96.3 Å². The lowest BCUT2D eigenvalue weighted by atomic mass is 9.88. The normalized spacial score (nSPS) is 18.4. The molecule has 0 aromatic heterocycles. The number of aliphatic hydroxyl groups is 1. The Balaban J connectivity index is 1.70. The monoisotopic (exact) mass is 513 g/mol. The highest BCUT2D eigenvalue weighted by atomic mass is 16.5. The van der Waals surface area contributed by atoms with Crippen LogP contribution in [0.3, 0.4) is 0 Å². The first-order valence-electron chi connectivity index (χ1n) is 13.0. The Morgan fingerprint density at radius 1 is 0.921 bits per heavy atom. The number of benzene rings is 3. The van der Waals surface area contributed by atoms with E-state index in [1.165, 1.54) is 16.5 Å². The summed E-state index contributed by atoms with van der Waals surface area (Å²) in [5.41, 5.74) is 3.86. The lowest BCUT2D eigenvalue weighted by Gasteiger charge is -2.26. The van der Waals surface area contributed by atoms with Crippen LogP contribution in [0.1, 0.15) is 55.0 Å². The number of carbonyl (C=O) groups excluding carboxylic acids is 2. The molecule has 196 valence electrons. The number of aryl methyl sites for hydroxylation is 2. The summed E-state index contributed by atoms with van der Waals surface area (Å²) < 4.78 is 11.2. The molecule has 0 spiro atoms. The highest BCUT2D eigenvalue weighted by Crippen LogP contribution is 2.44. The Morgan fingerprint density at radius 2 is 1.68 bits per heavy atom. The molecule has 2 N–H and O–H groups in total. The van der Waals surface area contributed by atoms with Crippen LogP contribution < -0.4 is 14.4 Å². The van der Waals surface area contributed by atoms with Crippen molar-refractivity contribution in [3.63, 3.8) is 0 Å². The first-order chi connectivity index (χ1) is 18.4. The van der Waals surface area contributed by atoms with Gasteiger partial charge in [-0.05, 0) is 86.6 Å². The molecule has 1 aliphatic carbocycles. The van der Waals surface area contributed by atoms with E-state index in [9.17, 15) is 19.8 Å². The number of phenols is 1. The smallest absolute Gasteiger partial charge is 0.300 e. The number of Topliss-reactive ketones (excluding diaryl/α,β-unsaturated/α-hetero) is 1. The Hall–Kier alpha value is -4.26. The third-order valence-electron chi connectivity index (χ3n) is 7.07. The van der Waals surface area contributed by atoms with Crippen LogP contribution in [0.5, 0.6) is 17.2 Å². The maximum atomic E-state index is 13.5. The molecule has 1 amide bonds. The Kier molecular flexibility index (Phi) is 7.09. The van der Waals surface area contributed by atoms with Crippen molar-refractivity contribution in [2.75, 3.05) is 18.1 Å². The van der Waals surface area contributed by atoms with E-state index in [1.807, 2.05) is 25.1 Å². The Bertz CT molecular complexity index is 1430. The van der Waals surface area contributed by atoms with Crippen molar-refractivity contribution >= 4 is 23.1 Å². The Labute approximate surface area is 221 Å². The Morgan fingerprint density at radius 3 is 2.45 bits per heavy atom. The number of amides is 1. The van der Waals surface area contributed by atoms with E-state index in [0.29, 0.717) is 35.8 Å². The average molecular weight is 514 g/mol. The van der Waals surface area contributed by atoms with Crippen LogP contribution in [0.15, 0.2) is 66.2 Å². The minimum atomic E-state index is -0.942. The highest BCUT2D eigenvalue weighted by Gasteiger charge is 2.47. The number of ketones is 1. The number of ether oxygens (including phenoxy) is 2. The van der Waals surface area contributed by atoms with E-state index in [-0.39, 0.29) is 22.8 Å². The third-order valence-corrected chi connectivity index (χ3v) is 7.07. The lowest BCUT2D eigenvalue weighted by molar-refractivity contribution is -0.132. The second-order valence-corrected chi connectivity index (χ2v) is 9.45. The van der Waals surface area contributed by atoms with Gasteiger partial charge in [-0.3, -0.25) is 14.5 Å². The van der Waals surface area contributed by atoms with Crippen LogP contribution in [0.2, 0.25) is 0 Å². The van der Waals surface area contributed by atoms with Gasteiger partial charge in [-0.1, -0.05) is 24.3 Å². The second-order valence-electron chi connectivity index (χ2n) is 9.45. The van der Waals surface area contributed by atoms with Crippen molar-refractivity contribution in [2.45, 2.75) is 45.6 Å². The lowest BCUT2D eigenvalue weighted by Crippen LogP contribution is -2.29. The predicted octanol–water partition coefficient (Wildman–Crippen LogP) is 5.69. The molecular formula is C31H31NO6. The molecule has 3 aromatic carbocycles. The molecule has 1 fully saturated rings. The standard InChI is InChI=1S/C31H31NO6/c1-3-37-24-11-7-10-23(18-24)32-28(21-14-15-25(33)26(17-21)38-4-2)27(30(35)31(32)36)29(34)22-13-12-19-8-5-6-9-20(19)16-22/h7,10-18,28,33-34H,3-6,8-9H2,1-2H3/b29-27+. The quantitative estimate of drug-likeness (QED) is 0.239. The van der Waals surface area contributed by atoms with Gasteiger partial charge in [0, 0.05) is 17.3 Å². The fourth-order valence-corrected chi connectivity index (χ4v) is 5.31. The summed E-state index contributed by atoms with van der Waals surface area (Å²) in [6.45, 7) is 4.43. The summed E-state index contributed by atoms with van der Waals surface area (Å²) in [7, 11) is 0. The summed E-state index contributed by atoms with van der Waals surface area (Å²) in [5, 5.41) is 21.9. The summed E-state index contributed by atoms with van der Waals surface area (Å²) >= 11 is 0. The number of aliphatic hydroxyl groups excluding tert-OH is 1. The minimum absolute atomic E-state index is 0.0132. The molecule has 0 saturated carbocycles. The zero-order valence-corrected chi connectivity index (χ0v) is 21.6. The van der Waals surface area contributed by atoms with E-state index in [1.54, 1.807) is 43.3 Å². The summed E-state index contributed by atoms with van der Waals surface area (Å²) in [4.78, 5) is 28.4. The number of carbonyl (C=O) groups is 2. The van der Waals surface area contributed by atoms with Crippen LogP contribution in [-0.4, -0.2) is 35.1 Å². The molecule has 1 aliphatic heterocycles. The molecule has 0 radical (unpaired) electrons. The number of hydrogen-bond acceptors (Lipinski definition) is 6. The molecule has 1 unspecified atom stereocenters. The molecule has 7 nitrogen and oxygen atoms in total.